The van der Waals surface area contributed by atoms with Gasteiger partial charge in [-0.2, -0.15) is 0 Å². The topological polar surface area (TPSA) is 26.3 Å². The molecular formula is C26H20O2. The van der Waals surface area contributed by atoms with Crippen LogP contribution in [-0.2, 0) is 6.61 Å². The van der Waals surface area contributed by atoms with E-state index in [0.29, 0.717) is 17.9 Å². The first-order valence-electron chi connectivity index (χ1n) is 9.27. The lowest BCUT2D eigenvalue weighted by atomic mass is 9.99. The summed E-state index contributed by atoms with van der Waals surface area (Å²) in [6.07, 6.45) is 3.46. The van der Waals surface area contributed by atoms with Gasteiger partial charge in [0.2, 0.25) is 0 Å². The number of carbonyl (C=O) groups is 1. The van der Waals surface area contributed by atoms with Crippen LogP contribution < -0.4 is 4.74 Å². The van der Waals surface area contributed by atoms with Gasteiger partial charge in [0, 0.05) is 0 Å². The number of ketones is 1. The number of rotatable bonds is 6. The van der Waals surface area contributed by atoms with Gasteiger partial charge in [0.1, 0.15) is 12.4 Å². The third-order valence-electron chi connectivity index (χ3n) is 4.60. The molecule has 136 valence electrons. The van der Waals surface area contributed by atoms with E-state index in [-0.39, 0.29) is 5.78 Å². The summed E-state index contributed by atoms with van der Waals surface area (Å²) in [5.74, 6) is 0.536. The van der Waals surface area contributed by atoms with Crippen LogP contribution in [0, 0.1) is 0 Å². The van der Waals surface area contributed by atoms with Crippen molar-refractivity contribution in [2.45, 2.75) is 6.61 Å². The van der Waals surface area contributed by atoms with Crippen molar-refractivity contribution in [3.8, 4) is 5.75 Å². The third-order valence-corrected chi connectivity index (χ3v) is 4.60. The lowest BCUT2D eigenvalue weighted by Gasteiger charge is -2.13. The zero-order valence-electron chi connectivity index (χ0n) is 15.4. The number of carbonyl (C=O) groups excluding carboxylic acids is 1. The fourth-order valence-electron chi connectivity index (χ4n) is 3.18. The first kappa shape index (κ1) is 17.7. The highest BCUT2D eigenvalue weighted by molar-refractivity contribution is 6.16. The van der Waals surface area contributed by atoms with Crippen LogP contribution in [0.5, 0.6) is 5.75 Å². The smallest absolute Gasteiger partial charge is 0.190 e. The van der Waals surface area contributed by atoms with Gasteiger partial charge < -0.3 is 4.74 Å². The fourth-order valence-corrected chi connectivity index (χ4v) is 3.18. The highest BCUT2D eigenvalue weighted by atomic mass is 16.5. The van der Waals surface area contributed by atoms with Gasteiger partial charge >= 0.3 is 0 Å². The Hall–Kier alpha value is -3.65. The van der Waals surface area contributed by atoms with Crippen LogP contribution in [0.25, 0.3) is 16.8 Å². The van der Waals surface area contributed by atoms with Crippen molar-refractivity contribution in [2.75, 3.05) is 0 Å². The monoisotopic (exact) mass is 364 g/mol. The van der Waals surface area contributed by atoms with Gasteiger partial charge in [-0.3, -0.25) is 4.79 Å². The minimum Gasteiger partial charge on any atom is -0.488 e. The van der Waals surface area contributed by atoms with E-state index in [1.165, 1.54) is 0 Å². The lowest BCUT2D eigenvalue weighted by molar-refractivity contribution is 0.104. The third kappa shape index (κ3) is 4.02. The summed E-state index contributed by atoms with van der Waals surface area (Å²) < 4.78 is 6.05. The highest BCUT2D eigenvalue weighted by Gasteiger charge is 2.15. The van der Waals surface area contributed by atoms with Crippen LogP contribution in [0.2, 0.25) is 0 Å². The highest BCUT2D eigenvalue weighted by Crippen LogP contribution is 2.29. The molecule has 0 saturated carbocycles. The minimum absolute atomic E-state index is 0.0660. The zero-order valence-corrected chi connectivity index (χ0v) is 15.4. The summed E-state index contributed by atoms with van der Waals surface area (Å²) in [6.45, 7) is 0.419. The molecule has 0 bridgehead atoms. The van der Waals surface area contributed by atoms with Crippen LogP contribution in [0.15, 0.2) is 103 Å². The summed E-state index contributed by atoms with van der Waals surface area (Å²) >= 11 is 0. The number of benzene rings is 4. The standard InChI is InChI=1S/C26H20O2/c27-24(17-15-20-9-3-1-4-10-20)26-23-14-8-7-13-22(23)16-18-25(26)28-19-21-11-5-2-6-12-21/h1-18H,19H2/b17-15+. The maximum absolute atomic E-state index is 13.1. The van der Waals surface area contributed by atoms with Gasteiger partial charge in [0.15, 0.2) is 5.78 Å². The molecule has 0 amide bonds. The molecule has 0 heterocycles. The Morgan fingerprint density at radius 1 is 0.750 bits per heavy atom. The molecular weight excluding hydrogens is 344 g/mol. The molecule has 0 saturated heterocycles. The molecule has 0 N–H and O–H groups in total. The van der Waals surface area contributed by atoms with Gasteiger partial charge in [0.05, 0.1) is 5.56 Å². The van der Waals surface area contributed by atoms with E-state index < -0.39 is 0 Å². The molecule has 0 unspecified atom stereocenters. The summed E-state index contributed by atoms with van der Waals surface area (Å²) in [5.41, 5.74) is 2.65. The van der Waals surface area contributed by atoms with E-state index in [2.05, 4.69) is 0 Å². The SMILES string of the molecule is O=C(/C=C/c1ccccc1)c1c(OCc2ccccc2)ccc2ccccc12. The van der Waals surface area contributed by atoms with Gasteiger partial charge in [0.25, 0.3) is 0 Å². The number of hydrogen-bond acceptors (Lipinski definition) is 2. The minimum atomic E-state index is -0.0660. The second-order valence-electron chi connectivity index (χ2n) is 6.54. The second kappa shape index (κ2) is 8.36. The van der Waals surface area contributed by atoms with Gasteiger partial charge in [-0.25, -0.2) is 0 Å². The van der Waals surface area contributed by atoms with Crippen molar-refractivity contribution in [1.29, 1.82) is 0 Å². The van der Waals surface area contributed by atoms with Crippen molar-refractivity contribution in [1.82, 2.24) is 0 Å². The van der Waals surface area contributed by atoms with Gasteiger partial charge in [-0.05, 0) is 34.0 Å². The molecule has 0 aliphatic heterocycles. The normalized spacial score (nSPS) is 11.0. The van der Waals surface area contributed by atoms with E-state index in [0.717, 1.165) is 21.9 Å². The van der Waals surface area contributed by atoms with Crippen molar-refractivity contribution >= 4 is 22.6 Å². The van der Waals surface area contributed by atoms with E-state index in [1.807, 2.05) is 103 Å². The second-order valence-corrected chi connectivity index (χ2v) is 6.54. The molecule has 0 aliphatic rings. The van der Waals surface area contributed by atoms with E-state index in [1.54, 1.807) is 6.08 Å². The predicted octanol–water partition coefficient (Wildman–Crippen LogP) is 6.31. The lowest BCUT2D eigenvalue weighted by Crippen LogP contribution is -2.03. The Balaban J connectivity index is 1.69. The Morgan fingerprint density at radius 2 is 1.43 bits per heavy atom. The van der Waals surface area contributed by atoms with Crippen LogP contribution in [0.4, 0.5) is 0 Å². The summed E-state index contributed by atoms with van der Waals surface area (Å²) in [4.78, 5) is 13.1. The van der Waals surface area contributed by atoms with Crippen molar-refractivity contribution < 1.29 is 9.53 Å². The molecule has 0 fully saturated rings. The molecule has 2 heteroatoms. The average Bonchev–Trinajstić information content (AvgIpc) is 2.77. The zero-order chi connectivity index (χ0) is 19.2. The van der Waals surface area contributed by atoms with E-state index in [9.17, 15) is 4.79 Å². The van der Waals surface area contributed by atoms with Crippen molar-refractivity contribution in [3.63, 3.8) is 0 Å². The van der Waals surface area contributed by atoms with Crippen molar-refractivity contribution in [3.05, 3.63) is 120 Å². The number of allylic oxidation sites excluding steroid dienone is 1. The molecule has 0 aliphatic carbocycles. The number of hydrogen-bond donors (Lipinski definition) is 0. The van der Waals surface area contributed by atoms with Crippen LogP contribution in [-0.4, -0.2) is 5.78 Å². The molecule has 4 rings (SSSR count). The van der Waals surface area contributed by atoms with Gasteiger partial charge in [-0.1, -0.05) is 97.1 Å². The molecule has 2 nitrogen and oxygen atoms in total. The Morgan fingerprint density at radius 3 is 2.21 bits per heavy atom. The van der Waals surface area contributed by atoms with Crippen molar-refractivity contribution in [2.24, 2.45) is 0 Å². The summed E-state index contributed by atoms with van der Waals surface area (Å²) in [5, 5.41) is 1.92. The van der Waals surface area contributed by atoms with Gasteiger partial charge in [-0.15, -0.1) is 0 Å². The maximum Gasteiger partial charge on any atom is 0.190 e. The Kier molecular flexibility index (Phi) is 5.30. The molecule has 0 aromatic heterocycles. The maximum atomic E-state index is 13.1. The first-order valence-corrected chi connectivity index (χ1v) is 9.27. The molecule has 28 heavy (non-hydrogen) atoms. The Labute approximate surface area is 164 Å². The largest absolute Gasteiger partial charge is 0.488 e. The molecule has 4 aromatic carbocycles. The van der Waals surface area contributed by atoms with E-state index >= 15 is 0 Å². The first-order chi connectivity index (χ1) is 13.8. The van der Waals surface area contributed by atoms with Crippen LogP contribution in [0.1, 0.15) is 21.5 Å². The molecule has 0 atom stereocenters. The average molecular weight is 364 g/mol. The molecule has 4 aromatic rings. The fraction of sp³-hybridized carbons (Fsp3) is 0.0385. The van der Waals surface area contributed by atoms with Crippen LogP contribution >= 0.6 is 0 Å². The van der Waals surface area contributed by atoms with E-state index in [4.69, 9.17) is 4.74 Å². The Bertz CT molecular complexity index is 1110. The summed E-state index contributed by atoms with van der Waals surface area (Å²) in [6, 6.07) is 31.5. The summed E-state index contributed by atoms with van der Waals surface area (Å²) in [7, 11) is 0. The number of fused-ring (bicyclic) bond motifs is 1. The van der Waals surface area contributed by atoms with Crippen LogP contribution in [0.3, 0.4) is 0 Å². The quantitative estimate of drug-likeness (QED) is 0.296. The molecule has 0 spiro atoms. The predicted molar refractivity (Wildman–Crippen MR) is 115 cm³/mol. The molecule has 0 radical (unpaired) electrons. The number of ether oxygens (including phenoxy) is 1.